The first-order valence-corrected chi connectivity index (χ1v) is 5.66. The van der Waals surface area contributed by atoms with Crippen molar-refractivity contribution in [2.75, 3.05) is 13.1 Å². The maximum Gasteiger partial charge on any atom is 0.314 e. The van der Waals surface area contributed by atoms with E-state index in [2.05, 4.69) is 34.9 Å². The van der Waals surface area contributed by atoms with Gasteiger partial charge in [0.25, 0.3) is 0 Å². The van der Waals surface area contributed by atoms with Gasteiger partial charge >= 0.3 is 6.03 Å². The minimum Gasteiger partial charge on any atom is -0.338 e. The van der Waals surface area contributed by atoms with Crippen molar-refractivity contribution in [3.63, 3.8) is 0 Å². The lowest BCUT2D eigenvalue weighted by Gasteiger charge is -2.06. The Morgan fingerprint density at radius 1 is 1.24 bits per heavy atom. The maximum absolute atomic E-state index is 11.2. The third-order valence-corrected chi connectivity index (χ3v) is 2.34. The van der Waals surface area contributed by atoms with Gasteiger partial charge in [-0.25, -0.2) is 4.79 Å². The second kappa shape index (κ2) is 7.29. The van der Waals surface area contributed by atoms with Gasteiger partial charge < -0.3 is 10.6 Å². The molecule has 1 rings (SSSR count). The highest BCUT2D eigenvalue weighted by Crippen LogP contribution is 2.02. The number of carbonyl (C=O) groups is 1. The van der Waals surface area contributed by atoms with E-state index in [1.165, 1.54) is 11.1 Å². The van der Waals surface area contributed by atoms with Crippen LogP contribution >= 0.6 is 0 Å². The predicted octanol–water partition coefficient (Wildman–Crippen LogP) is 1.75. The molecule has 0 aliphatic heterocycles. The summed E-state index contributed by atoms with van der Waals surface area (Å²) < 4.78 is 0. The van der Waals surface area contributed by atoms with E-state index in [9.17, 15) is 4.79 Å². The van der Waals surface area contributed by atoms with E-state index in [1.54, 1.807) is 0 Å². The summed E-state index contributed by atoms with van der Waals surface area (Å²) in [6.07, 6.45) is 1.15. The Labute approximate surface area is 102 Å². The first-order valence-electron chi connectivity index (χ1n) is 5.66. The molecule has 0 saturated heterocycles. The smallest absolute Gasteiger partial charge is 0.314 e. The highest BCUT2D eigenvalue weighted by atomic mass is 16.2. The number of nitrogens with zero attached hydrogens (tertiary/aromatic N) is 1. The van der Waals surface area contributed by atoms with Crippen LogP contribution in [-0.4, -0.2) is 19.1 Å². The Kier molecular flexibility index (Phi) is 5.59. The van der Waals surface area contributed by atoms with Crippen LogP contribution in [0.15, 0.2) is 24.3 Å². The molecule has 0 bridgehead atoms. The van der Waals surface area contributed by atoms with E-state index in [4.69, 9.17) is 5.26 Å². The largest absolute Gasteiger partial charge is 0.338 e. The summed E-state index contributed by atoms with van der Waals surface area (Å²) in [5.74, 6) is 0. The van der Waals surface area contributed by atoms with Gasteiger partial charge in [-0.05, 0) is 18.9 Å². The van der Waals surface area contributed by atoms with Crippen molar-refractivity contribution in [1.29, 1.82) is 5.26 Å². The molecular weight excluding hydrogens is 214 g/mol. The minimum absolute atomic E-state index is 0.215. The molecule has 4 heteroatoms. The van der Waals surface area contributed by atoms with E-state index in [-0.39, 0.29) is 6.03 Å². The Morgan fingerprint density at radius 3 is 2.53 bits per heavy atom. The number of amides is 2. The molecule has 0 aliphatic carbocycles. The number of urea groups is 1. The monoisotopic (exact) mass is 231 g/mol. The molecule has 0 radical (unpaired) electrons. The lowest BCUT2D eigenvalue weighted by Crippen LogP contribution is -2.36. The number of hydrogen-bond donors (Lipinski definition) is 2. The number of rotatable bonds is 5. The van der Waals surface area contributed by atoms with E-state index in [0.717, 1.165) is 6.42 Å². The van der Waals surface area contributed by atoms with Crippen molar-refractivity contribution in [3.8, 4) is 6.07 Å². The molecule has 0 unspecified atom stereocenters. The van der Waals surface area contributed by atoms with Crippen molar-refractivity contribution in [3.05, 3.63) is 35.4 Å². The Balaban J connectivity index is 2.17. The molecule has 0 atom stereocenters. The van der Waals surface area contributed by atoms with Crippen molar-refractivity contribution < 1.29 is 4.79 Å². The lowest BCUT2D eigenvalue weighted by atomic mass is 10.1. The number of nitrogens with one attached hydrogen (secondary N) is 2. The van der Waals surface area contributed by atoms with Gasteiger partial charge in [-0.2, -0.15) is 5.26 Å². The fourth-order valence-corrected chi connectivity index (χ4v) is 1.37. The summed E-state index contributed by atoms with van der Waals surface area (Å²) in [5, 5.41) is 13.7. The average Bonchev–Trinajstić information content (AvgIpc) is 2.32. The summed E-state index contributed by atoms with van der Waals surface area (Å²) in [4.78, 5) is 11.2. The van der Waals surface area contributed by atoms with Crippen LogP contribution in [0.5, 0.6) is 0 Å². The van der Waals surface area contributed by atoms with Crippen molar-refractivity contribution in [2.24, 2.45) is 0 Å². The van der Waals surface area contributed by atoms with Gasteiger partial charge in [0.15, 0.2) is 0 Å². The van der Waals surface area contributed by atoms with Gasteiger partial charge in [0.1, 0.15) is 0 Å². The molecule has 2 N–H and O–H groups in total. The molecule has 90 valence electrons. The Hall–Kier alpha value is -2.02. The third kappa shape index (κ3) is 5.57. The van der Waals surface area contributed by atoms with Gasteiger partial charge in [0, 0.05) is 13.1 Å². The second-order valence-electron chi connectivity index (χ2n) is 3.83. The van der Waals surface area contributed by atoms with Crippen LogP contribution in [0, 0.1) is 18.3 Å². The molecule has 0 saturated carbocycles. The fourth-order valence-electron chi connectivity index (χ4n) is 1.37. The Bertz CT molecular complexity index is 392. The van der Waals surface area contributed by atoms with E-state index in [0.29, 0.717) is 19.5 Å². The van der Waals surface area contributed by atoms with Crippen LogP contribution in [0.25, 0.3) is 0 Å². The zero-order chi connectivity index (χ0) is 12.5. The molecule has 0 aromatic heterocycles. The summed E-state index contributed by atoms with van der Waals surface area (Å²) >= 11 is 0. The summed E-state index contributed by atoms with van der Waals surface area (Å²) in [5.41, 5.74) is 2.43. The van der Waals surface area contributed by atoms with Crippen LogP contribution in [0.1, 0.15) is 17.5 Å². The highest BCUT2D eigenvalue weighted by molar-refractivity contribution is 5.73. The molecule has 0 spiro atoms. The zero-order valence-electron chi connectivity index (χ0n) is 9.99. The number of benzene rings is 1. The zero-order valence-corrected chi connectivity index (χ0v) is 9.99. The summed E-state index contributed by atoms with van der Waals surface area (Å²) in [6, 6.07) is 9.99. The van der Waals surface area contributed by atoms with E-state index < -0.39 is 0 Å². The fraction of sp³-hybridized carbons (Fsp3) is 0.385. The molecule has 1 aromatic carbocycles. The molecular formula is C13H17N3O. The topological polar surface area (TPSA) is 64.9 Å². The lowest BCUT2D eigenvalue weighted by molar-refractivity contribution is 0.241. The number of carbonyl (C=O) groups excluding carboxylic acids is 1. The van der Waals surface area contributed by atoms with Crippen molar-refractivity contribution in [2.45, 2.75) is 19.8 Å². The summed E-state index contributed by atoms with van der Waals surface area (Å²) in [7, 11) is 0. The van der Waals surface area contributed by atoms with Crippen molar-refractivity contribution in [1.82, 2.24) is 10.6 Å². The number of nitriles is 1. The minimum atomic E-state index is -0.215. The molecule has 0 heterocycles. The molecule has 17 heavy (non-hydrogen) atoms. The van der Waals surface area contributed by atoms with Crippen LogP contribution in [0.2, 0.25) is 0 Å². The quantitative estimate of drug-likeness (QED) is 0.758. The SMILES string of the molecule is Cc1ccc(CCNC(=O)NCCC#N)cc1. The van der Waals surface area contributed by atoms with Crippen LogP contribution < -0.4 is 10.6 Å². The van der Waals surface area contributed by atoms with Gasteiger partial charge in [-0.15, -0.1) is 0 Å². The Morgan fingerprint density at radius 2 is 1.88 bits per heavy atom. The number of hydrogen-bond acceptors (Lipinski definition) is 2. The highest BCUT2D eigenvalue weighted by Gasteiger charge is 1.98. The molecule has 0 fully saturated rings. The second-order valence-corrected chi connectivity index (χ2v) is 3.83. The van der Waals surface area contributed by atoms with Crippen LogP contribution in [-0.2, 0) is 6.42 Å². The molecule has 1 aromatic rings. The summed E-state index contributed by atoms with van der Waals surface area (Å²) in [6.45, 7) is 3.04. The van der Waals surface area contributed by atoms with E-state index in [1.807, 2.05) is 13.0 Å². The maximum atomic E-state index is 11.2. The molecule has 2 amide bonds. The average molecular weight is 231 g/mol. The standard InChI is InChI=1S/C13H17N3O/c1-11-3-5-12(6-4-11)7-10-16-13(17)15-9-2-8-14/h3-6H,2,7,9-10H2,1H3,(H2,15,16,17). The van der Waals surface area contributed by atoms with E-state index >= 15 is 0 Å². The van der Waals surface area contributed by atoms with Crippen molar-refractivity contribution >= 4 is 6.03 Å². The van der Waals surface area contributed by atoms with Gasteiger partial charge in [-0.3, -0.25) is 0 Å². The number of aryl methyl sites for hydroxylation is 1. The van der Waals surface area contributed by atoms with Gasteiger partial charge in [0.05, 0.1) is 12.5 Å². The van der Waals surface area contributed by atoms with Crippen LogP contribution in [0.3, 0.4) is 0 Å². The first-order chi connectivity index (χ1) is 8.22. The predicted molar refractivity (Wildman–Crippen MR) is 66.5 cm³/mol. The molecule has 0 aliphatic rings. The molecule has 4 nitrogen and oxygen atoms in total. The third-order valence-electron chi connectivity index (χ3n) is 2.34. The normalized spacial score (nSPS) is 9.41. The van der Waals surface area contributed by atoms with Gasteiger partial charge in [-0.1, -0.05) is 29.8 Å². The first kappa shape index (κ1) is 13.0. The van der Waals surface area contributed by atoms with Crippen LogP contribution in [0.4, 0.5) is 4.79 Å². The van der Waals surface area contributed by atoms with Gasteiger partial charge in [0.2, 0.25) is 0 Å².